The SMILES string of the molecule is CCCNc1cc(C(=O)N2CCCC2)ccn1. The Labute approximate surface area is 102 Å². The zero-order chi connectivity index (χ0) is 12.1. The van der Waals surface area contributed by atoms with Crippen LogP contribution in [0.1, 0.15) is 36.5 Å². The standard InChI is InChI=1S/C13H19N3O/c1-2-6-14-12-10-11(5-7-15-12)13(17)16-8-3-4-9-16/h5,7,10H,2-4,6,8-9H2,1H3,(H,14,15). The summed E-state index contributed by atoms with van der Waals surface area (Å²) in [5, 5.41) is 3.20. The molecule has 92 valence electrons. The lowest BCUT2D eigenvalue weighted by Gasteiger charge is -2.15. The molecule has 0 radical (unpaired) electrons. The highest BCUT2D eigenvalue weighted by Crippen LogP contribution is 2.14. The van der Waals surface area contributed by atoms with E-state index >= 15 is 0 Å². The van der Waals surface area contributed by atoms with Crippen molar-refractivity contribution in [3.05, 3.63) is 23.9 Å². The van der Waals surface area contributed by atoms with E-state index in [0.717, 1.165) is 50.3 Å². The molecule has 1 aliphatic rings. The van der Waals surface area contributed by atoms with Crippen LogP contribution >= 0.6 is 0 Å². The number of aromatic nitrogens is 1. The van der Waals surface area contributed by atoms with E-state index < -0.39 is 0 Å². The minimum Gasteiger partial charge on any atom is -0.370 e. The first-order valence-electron chi connectivity index (χ1n) is 6.30. The number of likely N-dealkylation sites (tertiary alicyclic amines) is 1. The van der Waals surface area contributed by atoms with E-state index in [1.54, 1.807) is 12.3 Å². The lowest BCUT2D eigenvalue weighted by atomic mass is 10.2. The molecule has 1 fully saturated rings. The highest BCUT2D eigenvalue weighted by Gasteiger charge is 2.19. The van der Waals surface area contributed by atoms with Crippen LogP contribution in [0.15, 0.2) is 18.3 Å². The smallest absolute Gasteiger partial charge is 0.254 e. The summed E-state index contributed by atoms with van der Waals surface area (Å²) >= 11 is 0. The zero-order valence-corrected chi connectivity index (χ0v) is 10.3. The number of pyridine rings is 1. The number of carbonyl (C=O) groups is 1. The van der Waals surface area contributed by atoms with E-state index in [1.807, 2.05) is 11.0 Å². The molecule has 17 heavy (non-hydrogen) atoms. The van der Waals surface area contributed by atoms with Gasteiger partial charge < -0.3 is 10.2 Å². The number of nitrogens with one attached hydrogen (secondary N) is 1. The molecule has 0 bridgehead atoms. The summed E-state index contributed by atoms with van der Waals surface area (Å²) in [6, 6.07) is 3.63. The minimum absolute atomic E-state index is 0.129. The first kappa shape index (κ1) is 11.9. The Kier molecular flexibility index (Phi) is 3.96. The number of hydrogen-bond acceptors (Lipinski definition) is 3. The van der Waals surface area contributed by atoms with Crippen molar-refractivity contribution >= 4 is 11.7 Å². The summed E-state index contributed by atoms with van der Waals surface area (Å²) in [5.74, 6) is 0.918. The van der Waals surface area contributed by atoms with Gasteiger partial charge in [0.15, 0.2) is 0 Å². The van der Waals surface area contributed by atoms with E-state index in [-0.39, 0.29) is 5.91 Å². The van der Waals surface area contributed by atoms with Crippen LogP contribution in [0.4, 0.5) is 5.82 Å². The van der Waals surface area contributed by atoms with Gasteiger partial charge in [0.1, 0.15) is 5.82 Å². The van der Waals surface area contributed by atoms with E-state index in [0.29, 0.717) is 0 Å². The number of nitrogens with zero attached hydrogens (tertiary/aromatic N) is 2. The zero-order valence-electron chi connectivity index (χ0n) is 10.3. The molecule has 1 aromatic heterocycles. The highest BCUT2D eigenvalue weighted by molar-refractivity contribution is 5.94. The van der Waals surface area contributed by atoms with Crippen molar-refractivity contribution in [3.8, 4) is 0 Å². The summed E-state index contributed by atoms with van der Waals surface area (Å²) in [7, 11) is 0. The van der Waals surface area contributed by atoms with E-state index in [2.05, 4.69) is 17.2 Å². The molecule has 0 aromatic carbocycles. The molecule has 1 amide bonds. The predicted molar refractivity (Wildman–Crippen MR) is 68.2 cm³/mol. The average molecular weight is 233 g/mol. The van der Waals surface area contributed by atoms with Gasteiger partial charge in [-0.15, -0.1) is 0 Å². The maximum atomic E-state index is 12.1. The van der Waals surface area contributed by atoms with Crippen molar-refractivity contribution in [2.75, 3.05) is 25.0 Å². The van der Waals surface area contributed by atoms with E-state index in [9.17, 15) is 4.79 Å². The molecule has 2 rings (SSSR count). The van der Waals surface area contributed by atoms with E-state index in [4.69, 9.17) is 0 Å². The topological polar surface area (TPSA) is 45.2 Å². The van der Waals surface area contributed by atoms with Crippen molar-refractivity contribution in [1.29, 1.82) is 0 Å². The van der Waals surface area contributed by atoms with Crippen LogP contribution in [0.5, 0.6) is 0 Å². The third kappa shape index (κ3) is 2.96. The van der Waals surface area contributed by atoms with Gasteiger partial charge in [0, 0.05) is 31.4 Å². The molecule has 1 aliphatic heterocycles. The first-order chi connectivity index (χ1) is 8.31. The second kappa shape index (κ2) is 5.66. The van der Waals surface area contributed by atoms with Crippen LogP contribution in [0, 0.1) is 0 Å². The molecule has 2 heterocycles. The number of carbonyl (C=O) groups excluding carboxylic acids is 1. The molecule has 4 heteroatoms. The number of rotatable bonds is 4. The molecule has 4 nitrogen and oxygen atoms in total. The predicted octanol–water partition coefficient (Wildman–Crippen LogP) is 2.14. The fourth-order valence-corrected chi connectivity index (χ4v) is 2.02. The minimum atomic E-state index is 0.129. The molecule has 1 aromatic rings. The number of anilines is 1. The van der Waals surface area contributed by atoms with Gasteiger partial charge in [0.25, 0.3) is 5.91 Å². The second-order valence-electron chi connectivity index (χ2n) is 4.36. The summed E-state index contributed by atoms with van der Waals surface area (Å²) < 4.78 is 0. The average Bonchev–Trinajstić information content (AvgIpc) is 2.89. The van der Waals surface area contributed by atoms with Crippen LogP contribution < -0.4 is 5.32 Å². The molecule has 1 saturated heterocycles. The van der Waals surface area contributed by atoms with Crippen LogP contribution in [0.2, 0.25) is 0 Å². The summed E-state index contributed by atoms with van der Waals surface area (Å²) in [6.07, 6.45) is 4.99. The van der Waals surface area contributed by atoms with Crippen LogP contribution in [-0.4, -0.2) is 35.4 Å². The summed E-state index contributed by atoms with van der Waals surface area (Å²) in [5.41, 5.74) is 0.737. The second-order valence-corrected chi connectivity index (χ2v) is 4.36. The normalized spacial score (nSPS) is 15.0. The molecule has 0 unspecified atom stereocenters. The van der Waals surface area contributed by atoms with Gasteiger partial charge in [-0.1, -0.05) is 6.92 Å². The molecular weight excluding hydrogens is 214 g/mol. The molecule has 0 aliphatic carbocycles. The molecule has 1 N–H and O–H groups in total. The van der Waals surface area contributed by atoms with Crippen LogP contribution in [0.25, 0.3) is 0 Å². The Morgan fingerprint density at radius 1 is 1.47 bits per heavy atom. The molecule has 0 saturated carbocycles. The third-order valence-corrected chi connectivity index (χ3v) is 2.96. The van der Waals surface area contributed by atoms with Gasteiger partial charge in [-0.25, -0.2) is 4.98 Å². The van der Waals surface area contributed by atoms with Gasteiger partial charge >= 0.3 is 0 Å². The van der Waals surface area contributed by atoms with Crippen LogP contribution in [0.3, 0.4) is 0 Å². The highest BCUT2D eigenvalue weighted by atomic mass is 16.2. The van der Waals surface area contributed by atoms with Gasteiger partial charge in [0.05, 0.1) is 0 Å². The van der Waals surface area contributed by atoms with Crippen LogP contribution in [-0.2, 0) is 0 Å². The Morgan fingerprint density at radius 3 is 2.94 bits per heavy atom. The lowest BCUT2D eigenvalue weighted by Crippen LogP contribution is -2.27. The molecule has 0 spiro atoms. The van der Waals surface area contributed by atoms with Crippen molar-refractivity contribution < 1.29 is 4.79 Å². The Hall–Kier alpha value is -1.58. The Balaban J connectivity index is 2.06. The van der Waals surface area contributed by atoms with Crippen molar-refractivity contribution in [3.63, 3.8) is 0 Å². The van der Waals surface area contributed by atoms with Gasteiger partial charge in [-0.2, -0.15) is 0 Å². The van der Waals surface area contributed by atoms with Gasteiger partial charge in [-0.3, -0.25) is 4.79 Å². The largest absolute Gasteiger partial charge is 0.370 e. The monoisotopic (exact) mass is 233 g/mol. The van der Waals surface area contributed by atoms with Crippen molar-refractivity contribution in [2.24, 2.45) is 0 Å². The van der Waals surface area contributed by atoms with Gasteiger partial charge in [-0.05, 0) is 31.4 Å². The fourth-order valence-electron chi connectivity index (χ4n) is 2.02. The quantitative estimate of drug-likeness (QED) is 0.866. The Bertz CT molecular complexity index is 386. The summed E-state index contributed by atoms with van der Waals surface area (Å²) in [6.45, 7) is 4.76. The number of amides is 1. The third-order valence-electron chi connectivity index (χ3n) is 2.96. The maximum absolute atomic E-state index is 12.1. The van der Waals surface area contributed by atoms with Gasteiger partial charge in [0.2, 0.25) is 0 Å². The van der Waals surface area contributed by atoms with E-state index in [1.165, 1.54) is 0 Å². The summed E-state index contributed by atoms with van der Waals surface area (Å²) in [4.78, 5) is 18.3. The Morgan fingerprint density at radius 2 is 2.24 bits per heavy atom. The first-order valence-corrected chi connectivity index (χ1v) is 6.30. The lowest BCUT2D eigenvalue weighted by molar-refractivity contribution is 0.0793. The number of hydrogen-bond donors (Lipinski definition) is 1. The molecular formula is C13H19N3O. The molecule has 0 atom stereocenters. The maximum Gasteiger partial charge on any atom is 0.254 e. The van der Waals surface area contributed by atoms with Crippen molar-refractivity contribution in [1.82, 2.24) is 9.88 Å². The fraction of sp³-hybridized carbons (Fsp3) is 0.538. The van der Waals surface area contributed by atoms with Crippen molar-refractivity contribution in [2.45, 2.75) is 26.2 Å².